The zero-order valence-corrected chi connectivity index (χ0v) is 11.6. The first-order valence-electron chi connectivity index (χ1n) is 6.87. The Morgan fingerprint density at radius 1 is 1.33 bits per heavy atom. The molecule has 0 bridgehead atoms. The van der Waals surface area contributed by atoms with Crippen molar-refractivity contribution in [3.05, 3.63) is 23.5 Å². The van der Waals surface area contributed by atoms with E-state index < -0.39 is 0 Å². The van der Waals surface area contributed by atoms with Crippen LogP contribution in [0.25, 0.3) is 0 Å². The normalized spacial score (nSPS) is 28.0. The number of nitriles is 1. The number of hydrogen-bond acceptors (Lipinski definition) is 2. The van der Waals surface area contributed by atoms with Crippen LogP contribution >= 0.6 is 0 Å². The summed E-state index contributed by atoms with van der Waals surface area (Å²) in [6, 6.07) is 4.81. The van der Waals surface area contributed by atoms with Crippen molar-refractivity contribution in [2.24, 2.45) is 18.9 Å². The number of aryl methyl sites for hydroxylation is 1. The lowest BCUT2D eigenvalue weighted by molar-refractivity contribution is 0.238. The van der Waals surface area contributed by atoms with Crippen LogP contribution in [0.2, 0.25) is 0 Å². The smallest absolute Gasteiger partial charge is 0.120 e. The van der Waals surface area contributed by atoms with Crippen LogP contribution in [0.5, 0.6) is 0 Å². The van der Waals surface area contributed by atoms with Crippen LogP contribution in [0.1, 0.15) is 44.4 Å². The summed E-state index contributed by atoms with van der Waals surface area (Å²) >= 11 is 0. The van der Waals surface area contributed by atoms with Gasteiger partial charge in [0.1, 0.15) is 11.8 Å². The van der Waals surface area contributed by atoms with Crippen molar-refractivity contribution >= 4 is 0 Å². The number of rotatable bonds is 3. The van der Waals surface area contributed by atoms with Gasteiger partial charge in [-0.05, 0) is 42.7 Å². The standard InChI is InChI=1S/C15H23N3/c1-11-4-12(2)6-14(5-11)17-9-13-7-15(8-16)18(3)10-13/h7,10-12,14,17H,4-6,9H2,1-3H3. The summed E-state index contributed by atoms with van der Waals surface area (Å²) in [6.07, 6.45) is 5.97. The molecule has 2 rings (SSSR count). The molecule has 1 saturated carbocycles. The van der Waals surface area contributed by atoms with Crippen molar-refractivity contribution in [3.8, 4) is 6.07 Å². The van der Waals surface area contributed by atoms with Gasteiger partial charge in [0, 0.05) is 25.8 Å². The molecular weight excluding hydrogens is 222 g/mol. The molecule has 3 nitrogen and oxygen atoms in total. The molecule has 0 aliphatic heterocycles. The molecule has 2 unspecified atom stereocenters. The zero-order chi connectivity index (χ0) is 13.1. The molecule has 0 radical (unpaired) electrons. The average Bonchev–Trinajstić information content (AvgIpc) is 2.66. The maximum Gasteiger partial charge on any atom is 0.120 e. The largest absolute Gasteiger partial charge is 0.342 e. The van der Waals surface area contributed by atoms with Crippen LogP contribution in [0.15, 0.2) is 12.3 Å². The Labute approximate surface area is 110 Å². The summed E-state index contributed by atoms with van der Waals surface area (Å²) in [7, 11) is 1.92. The molecule has 1 aromatic rings. The third-order valence-corrected chi connectivity index (χ3v) is 3.95. The summed E-state index contributed by atoms with van der Waals surface area (Å²) in [4.78, 5) is 0. The minimum Gasteiger partial charge on any atom is -0.342 e. The van der Waals surface area contributed by atoms with Crippen molar-refractivity contribution in [3.63, 3.8) is 0 Å². The second kappa shape index (κ2) is 5.58. The molecule has 0 spiro atoms. The highest BCUT2D eigenvalue weighted by atomic mass is 15.0. The summed E-state index contributed by atoms with van der Waals surface area (Å²) in [5, 5.41) is 12.6. The zero-order valence-electron chi connectivity index (χ0n) is 11.6. The fourth-order valence-electron chi connectivity index (χ4n) is 3.22. The van der Waals surface area contributed by atoms with E-state index in [0.29, 0.717) is 6.04 Å². The van der Waals surface area contributed by atoms with Crippen molar-refractivity contribution in [2.45, 2.75) is 45.7 Å². The van der Waals surface area contributed by atoms with Gasteiger partial charge in [-0.1, -0.05) is 13.8 Å². The molecule has 3 heteroatoms. The van der Waals surface area contributed by atoms with Crippen molar-refractivity contribution in [1.29, 1.82) is 5.26 Å². The first-order chi connectivity index (χ1) is 8.58. The molecule has 1 fully saturated rings. The SMILES string of the molecule is CC1CC(C)CC(NCc2cc(C#N)n(C)c2)C1. The predicted molar refractivity (Wildman–Crippen MR) is 72.9 cm³/mol. The minimum atomic E-state index is 0.634. The van der Waals surface area contributed by atoms with E-state index in [-0.39, 0.29) is 0 Å². The molecule has 2 atom stereocenters. The van der Waals surface area contributed by atoms with E-state index in [1.165, 1.54) is 24.8 Å². The molecule has 0 amide bonds. The Balaban J connectivity index is 1.89. The third kappa shape index (κ3) is 3.14. The van der Waals surface area contributed by atoms with Gasteiger partial charge in [-0.3, -0.25) is 0 Å². The number of nitrogens with zero attached hydrogens (tertiary/aromatic N) is 2. The van der Waals surface area contributed by atoms with E-state index in [4.69, 9.17) is 5.26 Å². The summed E-state index contributed by atoms with van der Waals surface area (Å²) in [5.41, 5.74) is 1.94. The van der Waals surface area contributed by atoms with E-state index >= 15 is 0 Å². The van der Waals surface area contributed by atoms with Gasteiger partial charge in [0.25, 0.3) is 0 Å². The average molecular weight is 245 g/mol. The molecule has 1 aromatic heterocycles. The number of aromatic nitrogens is 1. The third-order valence-electron chi connectivity index (χ3n) is 3.95. The lowest BCUT2D eigenvalue weighted by atomic mass is 9.80. The second-order valence-electron chi connectivity index (χ2n) is 5.95. The van der Waals surface area contributed by atoms with Gasteiger partial charge in [-0.2, -0.15) is 5.26 Å². The maximum absolute atomic E-state index is 8.93. The van der Waals surface area contributed by atoms with Crippen molar-refractivity contribution in [2.75, 3.05) is 0 Å². The lowest BCUT2D eigenvalue weighted by Gasteiger charge is -2.32. The van der Waals surface area contributed by atoms with Gasteiger partial charge in [0.05, 0.1) is 0 Å². The molecule has 18 heavy (non-hydrogen) atoms. The van der Waals surface area contributed by atoms with Crippen LogP contribution in [0.3, 0.4) is 0 Å². The molecule has 1 aliphatic carbocycles. The van der Waals surface area contributed by atoms with E-state index in [1.807, 2.05) is 23.9 Å². The molecule has 1 aliphatic rings. The first-order valence-corrected chi connectivity index (χ1v) is 6.87. The Kier molecular flexibility index (Phi) is 4.08. The van der Waals surface area contributed by atoms with E-state index in [1.54, 1.807) is 0 Å². The summed E-state index contributed by atoms with van der Waals surface area (Å²) in [6.45, 7) is 5.57. The monoisotopic (exact) mass is 245 g/mol. The Hall–Kier alpha value is -1.27. The van der Waals surface area contributed by atoms with Crippen LogP contribution in [-0.4, -0.2) is 10.6 Å². The quantitative estimate of drug-likeness (QED) is 0.889. The predicted octanol–water partition coefficient (Wildman–Crippen LogP) is 2.81. The maximum atomic E-state index is 8.93. The van der Waals surface area contributed by atoms with Crippen LogP contribution in [0, 0.1) is 23.2 Å². The fraction of sp³-hybridized carbons (Fsp3) is 0.667. The van der Waals surface area contributed by atoms with Gasteiger partial charge >= 0.3 is 0 Å². The van der Waals surface area contributed by atoms with Crippen LogP contribution in [-0.2, 0) is 13.6 Å². The minimum absolute atomic E-state index is 0.634. The molecule has 1 heterocycles. The van der Waals surface area contributed by atoms with Crippen molar-refractivity contribution < 1.29 is 0 Å². The van der Waals surface area contributed by atoms with Gasteiger partial charge in [0.2, 0.25) is 0 Å². The fourth-order valence-corrected chi connectivity index (χ4v) is 3.22. The highest BCUT2D eigenvalue weighted by molar-refractivity contribution is 5.28. The molecular formula is C15H23N3. The second-order valence-corrected chi connectivity index (χ2v) is 5.95. The van der Waals surface area contributed by atoms with E-state index in [9.17, 15) is 0 Å². The van der Waals surface area contributed by atoms with Crippen LogP contribution in [0.4, 0.5) is 0 Å². The highest BCUT2D eigenvalue weighted by Gasteiger charge is 2.23. The Morgan fingerprint density at radius 3 is 2.56 bits per heavy atom. The molecule has 0 aromatic carbocycles. The van der Waals surface area contributed by atoms with Gasteiger partial charge in [-0.15, -0.1) is 0 Å². The Bertz CT molecular complexity index is 431. The first kappa shape index (κ1) is 13.2. The van der Waals surface area contributed by atoms with E-state index in [0.717, 1.165) is 24.1 Å². The molecule has 0 saturated heterocycles. The molecule has 1 N–H and O–H groups in total. The topological polar surface area (TPSA) is 40.8 Å². The van der Waals surface area contributed by atoms with Gasteiger partial charge in [0.15, 0.2) is 0 Å². The Morgan fingerprint density at radius 2 is 2.00 bits per heavy atom. The highest BCUT2D eigenvalue weighted by Crippen LogP contribution is 2.28. The van der Waals surface area contributed by atoms with Crippen molar-refractivity contribution in [1.82, 2.24) is 9.88 Å². The van der Waals surface area contributed by atoms with Crippen LogP contribution < -0.4 is 5.32 Å². The molecule has 98 valence electrons. The van der Waals surface area contributed by atoms with Gasteiger partial charge < -0.3 is 9.88 Å². The summed E-state index contributed by atoms with van der Waals surface area (Å²) in [5.74, 6) is 1.66. The number of nitrogens with one attached hydrogen (secondary N) is 1. The van der Waals surface area contributed by atoms with E-state index in [2.05, 4.69) is 25.2 Å². The number of hydrogen-bond donors (Lipinski definition) is 1. The summed E-state index contributed by atoms with van der Waals surface area (Å²) < 4.78 is 1.89. The van der Waals surface area contributed by atoms with Gasteiger partial charge in [-0.25, -0.2) is 0 Å². The lowest BCUT2D eigenvalue weighted by Crippen LogP contribution is -2.35.